The van der Waals surface area contributed by atoms with Crippen molar-refractivity contribution in [2.45, 2.75) is 13.3 Å². The fraction of sp³-hybridized carbons (Fsp3) is 0.467. The van der Waals surface area contributed by atoms with E-state index in [0.29, 0.717) is 18.7 Å². The number of urea groups is 1. The highest BCUT2D eigenvalue weighted by Crippen LogP contribution is 2.14. The lowest BCUT2D eigenvalue weighted by Crippen LogP contribution is -2.39. The van der Waals surface area contributed by atoms with E-state index in [1.807, 2.05) is 18.2 Å². The number of rotatable bonds is 7. The molecule has 0 radical (unpaired) electrons. The molecule has 0 unspecified atom stereocenters. The van der Waals surface area contributed by atoms with Gasteiger partial charge in [-0.2, -0.15) is 0 Å². The predicted octanol–water partition coefficient (Wildman–Crippen LogP) is 1.51. The Labute approximate surface area is 125 Å². The molecule has 1 aromatic carbocycles. The lowest BCUT2D eigenvalue weighted by Gasteiger charge is -2.13. The molecule has 0 saturated heterocycles. The van der Waals surface area contributed by atoms with Crippen LogP contribution in [0, 0.1) is 0 Å². The fourth-order valence-corrected chi connectivity index (χ4v) is 1.69. The summed E-state index contributed by atoms with van der Waals surface area (Å²) in [7, 11) is 3.34. The Morgan fingerprint density at radius 3 is 2.38 bits per heavy atom. The Bertz CT molecular complexity index is 474. The van der Waals surface area contributed by atoms with Crippen LogP contribution in [-0.4, -0.2) is 50.6 Å². The quantitative estimate of drug-likeness (QED) is 0.667. The largest absolute Gasteiger partial charge is 0.384 e. The summed E-state index contributed by atoms with van der Waals surface area (Å²) in [6, 6.07) is 7.23. The molecule has 6 nitrogen and oxygen atoms in total. The zero-order valence-corrected chi connectivity index (χ0v) is 12.9. The third-order valence-corrected chi connectivity index (χ3v) is 2.83. The van der Waals surface area contributed by atoms with E-state index < -0.39 is 0 Å². The maximum absolute atomic E-state index is 12.1. The molecule has 1 rings (SSSR count). The maximum atomic E-state index is 12.1. The monoisotopic (exact) mass is 292 g/mol. The van der Waals surface area contributed by atoms with Crippen molar-refractivity contribution < 1.29 is 9.59 Å². The van der Waals surface area contributed by atoms with E-state index in [-0.39, 0.29) is 11.9 Å². The van der Waals surface area contributed by atoms with Gasteiger partial charge in [-0.1, -0.05) is 19.1 Å². The lowest BCUT2D eigenvalue weighted by molar-refractivity contribution is 0.0954. The summed E-state index contributed by atoms with van der Waals surface area (Å²) in [5.41, 5.74) is 1.44. The Hall–Kier alpha value is -2.24. The molecule has 0 aliphatic heterocycles. The van der Waals surface area contributed by atoms with E-state index in [9.17, 15) is 9.59 Å². The van der Waals surface area contributed by atoms with Gasteiger partial charge in [-0.15, -0.1) is 0 Å². The van der Waals surface area contributed by atoms with Crippen molar-refractivity contribution in [3.8, 4) is 0 Å². The Morgan fingerprint density at radius 1 is 1.05 bits per heavy atom. The Balaban J connectivity index is 2.46. The summed E-state index contributed by atoms with van der Waals surface area (Å²) in [6.45, 7) is 3.68. The van der Waals surface area contributed by atoms with Crippen LogP contribution in [0.1, 0.15) is 23.7 Å². The van der Waals surface area contributed by atoms with Gasteiger partial charge in [0.2, 0.25) is 0 Å². The van der Waals surface area contributed by atoms with E-state index in [1.54, 1.807) is 20.2 Å². The van der Waals surface area contributed by atoms with Gasteiger partial charge in [0, 0.05) is 39.4 Å². The van der Waals surface area contributed by atoms with Gasteiger partial charge in [-0.3, -0.25) is 4.79 Å². The second-order valence-corrected chi connectivity index (χ2v) is 4.85. The van der Waals surface area contributed by atoms with Crippen LogP contribution in [0.25, 0.3) is 0 Å². The summed E-state index contributed by atoms with van der Waals surface area (Å²) < 4.78 is 0. The SMILES string of the molecule is CCCNc1ccccc1C(=O)NCCNC(=O)N(C)C. The van der Waals surface area contributed by atoms with Gasteiger partial charge in [-0.25, -0.2) is 4.79 Å². The zero-order valence-electron chi connectivity index (χ0n) is 12.9. The number of carbonyl (C=O) groups excluding carboxylic acids is 2. The summed E-state index contributed by atoms with van der Waals surface area (Å²) >= 11 is 0. The van der Waals surface area contributed by atoms with Gasteiger partial charge in [0.25, 0.3) is 5.91 Å². The highest BCUT2D eigenvalue weighted by atomic mass is 16.2. The van der Waals surface area contributed by atoms with Gasteiger partial charge < -0.3 is 20.9 Å². The number of nitrogens with one attached hydrogen (secondary N) is 3. The van der Waals surface area contributed by atoms with Crippen molar-refractivity contribution in [2.24, 2.45) is 0 Å². The summed E-state index contributed by atoms with van der Waals surface area (Å²) in [6.07, 6.45) is 0.993. The second kappa shape index (κ2) is 8.84. The molecular weight excluding hydrogens is 268 g/mol. The van der Waals surface area contributed by atoms with Crippen LogP contribution < -0.4 is 16.0 Å². The average molecular weight is 292 g/mol. The number of anilines is 1. The summed E-state index contributed by atoms with van der Waals surface area (Å²) in [5, 5.41) is 8.72. The number of hydrogen-bond acceptors (Lipinski definition) is 3. The Kier molecular flexibility index (Phi) is 7.08. The number of carbonyl (C=O) groups is 2. The van der Waals surface area contributed by atoms with Crippen molar-refractivity contribution in [1.29, 1.82) is 0 Å². The summed E-state index contributed by atoms with van der Waals surface area (Å²) in [5.74, 6) is -0.145. The smallest absolute Gasteiger partial charge is 0.316 e. The first-order valence-electron chi connectivity index (χ1n) is 7.12. The van der Waals surface area contributed by atoms with Gasteiger partial charge in [0.05, 0.1) is 5.56 Å². The van der Waals surface area contributed by atoms with Gasteiger partial charge >= 0.3 is 6.03 Å². The Morgan fingerprint density at radius 2 is 1.71 bits per heavy atom. The first-order valence-corrected chi connectivity index (χ1v) is 7.12. The average Bonchev–Trinajstić information content (AvgIpc) is 2.49. The molecule has 3 amide bonds. The van der Waals surface area contributed by atoms with Crippen molar-refractivity contribution >= 4 is 17.6 Å². The minimum atomic E-state index is -0.172. The third kappa shape index (κ3) is 5.72. The summed E-state index contributed by atoms with van der Waals surface area (Å²) in [4.78, 5) is 24.9. The van der Waals surface area contributed by atoms with E-state index in [1.165, 1.54) is 4.90 Å². The van der Waals surface area contributed by atoms with E-state index in [0.717, 1.165) is 18.7 Å². The zero-order chi connectivity index (χ0) is 15.7. The molecule has 0 atom stereocenters. The van der Waals surface area contributed by atoms with Crippen LogP contribution in [0.2, 0.25) is 0 Å². The van der Waals surface area contributed by atoms with Crippen molar-refractivity contribution in [1.82, 2.24) is 15.5 Å². The van der Waals surface area contributed by atoms with E-state index >= 15 is 0 Å². The topological polar surface area (TPSA) is 73.5 Å². The van der Waals surface area contributed by atoms with Crippen LogP contribution in [0.5, 0.6) is 0 Å². The van der Waals surface area contributed by atoms with Crippen molar-refractivity contribution in [3.63, 3.8) is 0 Å². The molecular formula is C15H24N4O2. The molecule has 0 heterocycles. The molecule has 0 spiro atoms. The number of benzene rings is 1. The minimum Gasteiger partial charge on any atom is -0.384 e. The van der Waals surface area contributed by atoms with Crippen LogP contribution in [0.15, 0.2) is 24.3 Å². The molecule has 3 N–H and O–H groups in total. The molecule has 0 aromatic heterocycles. The standard InChI is InChI=1S/C15H24N4O2/c1-4-9-16-13-8-6-5-7-12(13)14(20)17-10-11-18-15(21)19(2)3/h5-8,16H,4,9-11H2,1-3H3,(H,17,20)(H,18,21). The maximum Gasteiger partial charge on any atom is 0.316 e. The first-order chi connectivity index (χ1) is 10.1. The van der Waals surface area contributed by atoms with E-state index in [2.05, 4.69) is 22.9 Å². The molecule has 6 heteroatoms. The lowest BCUT2D eigenvalue weighted by atomic mass is 10.1. The second-order valence-electron chi connectivity index (χ2n) is 4.85. The van der Waals surface area contributed by atoms with Crippen LogP contribution in [-0.2, 0) is 0 Å². The minimum absolute atomic E-state index is 0.145. The van der Waals surface area contributed by atoms with Crippen molar-refractivity contribution in [3.05, 3.63) is 29.8 Å². The third-order valence-electron chi connectivity index (χ3n) is 2.83. The molecule has 21 heavy (non-hydrogen) atoms. The highest BCUT2D eigenvalue weighted by Gasteiger charge is 2.10. The molecule has 0 fully saturated rings. The number of hydrogen-bond donors (Lipinski definition) is 3. The van der Waals surface area contributed by atoms with Gasteiger partial charge in [-0.05, 0) is 18.6 Å². The molecule has 0 bridgehead atoms. The fourth-order valence-electron chi connectivity index (χ4n) is 1.69. The molecule has 116 valence electrons. The van der Waals surface area contributed by atoms with Crippen molar-refractivity contribution in [2.75, 3.05) is 39.0 Å². The normalized spacial score (nSPS) is 9.86. The number of amides is 3. The van der Waals surface area contributed by atoms with Crippen LogP contribution >= 0.6 is 0 Å². The van der Waals surface area contributed by atoms with Gasteiger partial charge in [0.15, 0.2) is 0 Å². The highest BCUT2D eigenvalue weighted by molar-refractivity contribution is 5.99. The van der Waals surface area contributed by atoms with Crippen LogP contribution in [0.4, 0.5) is 10.5 Å². The number of nitrogens with zero attached hydrogens (tertiary/aromatic N) is 1. The molecule has 0 aliphatic rings. The molecule has 0 aliphatic carbocycles. The van der Waals surface area contributed by atoms with Crippen LogP contribution in [0.3, 0.4) is 0 Å². The van der Waals surface area contributed by atoms with E-state index in [4.69, 9.17) is 0 Å². The predicted molar refractivity (Wildman–Crippen MR) is 84.6 cm³/mol. The first kappa shape index (κ1) is 16.8. The van der Waals surface area contributed by atoms with Gasteiger partial charge in [0.1, 0.15) is 0 Å². The number of para-hydroxylation sites is 1. The molecule has 0 saturated carbocycles. The molecule has 1 aromatic rings.